The summed E-state index contributed by atoms with van der Waals surface area (Å²) in [7, 11) is -2.08. The van der Waals surface area contributed by atoms with Crippen LogP contribution in [-0.2, 0) is 10.0 Å². The van der Waals surface area contributed by atoms with E-state index in [0.29, 0.717) is 18.8 Å². The zero-order valence-electron chi connectivity index (χ0n) is 13.7. The fourth-order valence-electron chi connectivity index (χ4n) is 3.08. The quantitative estimate of drug-likeness (QED) is 0.767. The van der Waals surface area contributed by atoms with Crippen LogP contribution >= 0.6 is 15.9 Å². The summed E-state index contributed by atoms with van der Waals surface area (Å²) in [6.07, 6.45) is 0.832. The number of aryl methyl sites for hydroxylation is 1. The van der Waals surface area contributed by atoms with Crippen molar-refractivity contribution in [2.45, 2.75) is 24.2 Å². The van der Waals surface area contributed by atoms with Crippen molar-refractivity contribution in [3.8, 4) is 5.75 Å². The third-order valence-electron chi connectivity index (χ3n) is 4.48. The van der Waals surface area contributed by atoms with Gasteiger partial charge in [-0.25, -0.2) is 8.42 Å². The number of rotatable bonds is 4. The summed E-state index contributed by atoms with van der Waals surface area (Å²) in [6, 6.07) is 13.5. The first kappa shape index (κ1) is 17.5. The Morgan fingerprint density at radius 3 is 2.58 bits per heavy atom. The van der Waals surface area contributed by atoms with Crippen molar-refractivity contribution in [3.63, 3.8) is 0 Å². The third-order valence-corrected chi connectivity index (χ3v) is 7.23. The van der Waals surface area contributed by atoms with Crippen LogP contribution < -0.4 is 4.74 Å². The molecule has 0 bridgehead atoms. The van der Waals surface area contributed by atoms with Crippen molar-refractivity contribution in [3.05, 3.63) is 58.1 Å². The van der Waals surface area contributed by atoms with Crippen LogP contribution in [-0.4, -0.2) is 32.9 Å². The Bertz CT molecular complexity index is 837. The molecule has 0 aliphatic carbocycles. The zero-order valence-corrected chi connectivity index (χ0v) is 16.1. The highest BCUT2D eigenvalue weighted by molar-refractivity contribution is 9.10. The normalized spacial score (nSPS) is 18.7. The lowest BCUT2D eigenvalue weighted by Crippen LogP contribution is -2.29. The SMILES string of the molecule is COc1cc(C)c(Br)cc1S(=O)(=O)N1CCC(c2ccccc2)C1. The molecule has 2 aromatic rings. The van der Waals surface area contributed by atoms with Crippen LogP contribution in [0.4, 0.5) is 0 Å². The van der Waals surface area contributed by atoms with Crippen LogP contribution in [0.15, 0.2) is 51.8 Å². The molecule has 1 fully saturated rings. The van der Waals surface area contributed by atoms with Crippen LogP contribution in [0.25, 0.3) is 0 Å². The van der Waals surface area contributed by atoms with E-state index in [-0.39, 0.29) is 10.8 Å². The molecule has 4 nitrogen and oxygen atoms in total. The summed E-state index contributed by atoms with van der Waals surface area (Å²) < 4.78 is 33.8. The Morgan fingerprint density at radius 1 is 1.21 bits per heavy atom. The van der Waals surface area contributed by atoms with Gasteiger partial charge in [0.1, 0.15) is 10.6 Å². The molecule has 1 heterocycles. The number of hydrogen-bond donors (Lipinski definition) is 0. The van der Waals surface area contributed by atoms with E-state index in [9.17, 15) is 8.42 Å². The maximum Gasteiger partial charge on any atom is 0.246 e. The van der Waals surface area contributed by atoms with Gasteiger partial charge in [-0.15, -0.1) is 0 Å². The summed E-state index contributed by atoms with van der Waals surface area (Å²) >= 11 is 3.42. The highest BCUT2D eigenvalue weighted by Gasteiger charge is 2.35. The number of hydrogen-bond acceptors (Lipinski definition) is 3. The Kier molecular flexibility index (Phi) is 4.99. The number of sulfonamides is 1. The summed E-state index contributed by atoms with van der Waals surface area (Å²) in [5.41, 5.74) is 2.13. The van der Waals surface area contributed by atoms with Crippen molar-refractivity contribution < 1.29 is 13.2 Å². The molecule has 0 radical (unpaired) electrons. The molecule has 6 heteroatoms. The van der Waals surface area contributed by atoms with Gasteiger partial charge in [-0.05, 0) is 42.5 Å². The molecule has 1 unspecified atom stereocenters. The molecule has 24 heavy (non-hydrogen) atoms. The van der Waals surface area contributed by atoms with Crippen LogP contribution in [0, 0.1) is 6.92 Å². The fourth-order valence-corrected chi connectivity index (χ4v) is 5.24. The topological polar surface area (TPSA) is 46.6 Å². The van der Waals surface area contributed by atoms with E-state index < -0.39 is 10.0 Å². The standard InChI is InChI=1S/C18H20BrNO3S/c1-13-10-17(23-2)18(11-16(13)19)24(21,22)20-9-8-15(12-20)14-6-4-3-5-7-14/h3-7,10-11,15H,8-9,12H2,1-2H3. The van der Waals surface area contributed by atoms with Crippen LogP contribution in [0.3, 0.4) is 0 Å². The van der Waals surface area contributed by atoms with Crippen LogP contribution in [0.2, 0.25) is 0 Å². The first-order valence-corrected chi connectivity index (χ1v) is 10.1. The zero-order chi connectivity index (χ0) is 17.3. The van der Waals surface area contributed by atoms with Gasteiger partial charge < -0.3 is 4.74 Å². The Balaban J connectivity index is 1.91. The number of methoxy groups -OCH3 is 1. The van der Waals surface area contributed by atoms with Gasteiger partial charge in [0.15, 0.2) is 0 Å². The molecule has 3 rings (SSSR count). The average molecular weight is 410 g/mol. The largest absolute Gasteiger partial charge is 0.495 e. The van der Waals surface area contributed by atoms with Crippen molar-refractivity contribution in [1.29, 1.82) is 0 Å². The lowest BCUT2D eigenvalue weighted by Gasteiger charge is -2.19. The summed E-state index contributed by atoms with van der Waals surface area (Å²) in [5.74, 6) is 0.625. The summed E-state index contributed by atoms with van der Waals surface area (Å²) in [5, 5.41) is 0. The predicted molar refractivity (Wildman–Crippen MR) is 98.0 cm³/mol. The molecular formula is C18H20BrNO3S. The second kappa shape index (κ2) is 6.86. The molecule has 0 saturated carbocycles. The van der Waals surface area contributed by atoms with E-state index in [2.05, 4.69) is 28.1 Å². The summed E-state index contributed by atoms with van der Waals surface area (Å²) in [6.45, 7) is 2.93. The van der Waals surface area contributed by atoms with Crippen molar-refractivity contribution >= 4 is 26.0 Å². The van der Waals surface area contributed by atoms with Crippen molar-refractivity contribution in [2.75, 3.05) is 20.2 Å². The van der Waals surface area contributed by atoms with Gasteiger partial charge >= 0.3 is 0 Å². The second-order valence-corrected chi connectivity index (χ2v) is 8.77. The average Bonchev–Trinajstić information content (AvgIpc) is 3.08. The molecule has 1 aliphatic heterocycles. The maximum absolute atomic E-state index is 13.1. The van der Waals surface area contributed by atoms with E-state index >= 15 is 0 Å². The van der Waals surface area contributed by atoms with Gasteiger partial charge in [-0.3, -0.25) is 0 Å². The van der Waals surface area contributed by atoms with Gasteiger partial charge in [0.2, 0.25) is 10.0 Å². The maximum atomic E-state index is 13.1. The number of benzene rings is 2. The molecule has 1 atom stereocenters. The van der Waals surface area contributed by atoms with Crippen LogP contribution in [0.5, 0.6) is 5.75 Å². The first-order chi connectivity index (χ1) is 11.4. The Morgan fingerprint density at radius 2 is 1.92 bits per heavy atom. The van der Waals surface area contributed by atoms with Crippen LogP contribution in [0.1, 0.15) is 23.5 Å². The molecule has 0 spiro atoms. The van der Waals surface area contributed by atoms with E-state index in [1.165, 1.54) is 12.7 Å². The van der Waals surface area contributed by atoms with Crippen molar-refractivity contribution in [2.24, 2.45) is 0 Å². The van der Waals surface area contributed by atoms with Gasteiger partial charge in [0.25, 0.3) is 0 Å². The lowest BCUT2D eigenvalue weighted by molar-refractivity contribution is 0.397. The molecule has 1 aliphatic rings. The van der Waals surface area contributed by atoms with E-state index in [1.807, 2.05) is 25.1 Å². The molecule has 0 amide bonds. The third kappa shape index (κ3) is 3.23. The molecular weight excluding hydrogens is 390 g/mol. The van der Waals surface area contributed by atoms with Gasteiger partial charge in [0.05, 0.1) is 7.11 Å². The minimum absolute atomic E-state index is 0.219. The fraction of sp³-hybridized carbons (Fsp3) is 0.333. The predicted octanol–water partition coefficient (Wildman–Crippen LogP) is 3.94. The Labute approximate surface area is 151 Å². The van der Waals surface area contributed by atoms with E-state index in [0.717, 1.165) is 16.5 Å². The minimum atomic E-state index is -3.58. The minimum Gasteiger partial charge on any atom is -0.495 e. The van der Waals surface area contributed by atoms with Gasteiger partial charge in [0, 0.05) is 17.6 Å². The molecule has 2 aromatic carbocycles. The van der Waals surface area contributed by atoms with E-state index in [1.54, 1.807) is 16.4 Å². The van der Waals surface area contributed by atoms with Gasteiger partial charge in [-0.2, -0.15) is 4.31 Å². The van der Waals surface area contributed by atoms with E-state index in [4.69, 9.17) is 4.74 Å². The lowest BCUT2D eigenvalue weighted by atomic mass is 9.99. The number of ether oxygens (including phenoxy) is 1. The molecule has 128 valence electrons. The first-order valence-electron chi connectivity index (χ1n) is 7.82. The summed E-state index contributed by atoms with van der Waals surface area (Å²) in [4.78, 5) is 0.219. The molecule has 0 N–H and O–H groups in total. The highest BCUT2D eigenvalue weighted by atomic mass is 79.9. The monoisotopic (exact) mass is 409 g/mol. The van der Waals surface area contributed by atoms with Crippen molar-refractivity contribution in [1.82, 2.24) is 4.31 Å². The molecule has 0 aromatic heterocycles. The second-order valence-electron chi connectivity index (χ2n) is 6.01. The smallest absolute Gasteiger partial charge is 0.246 e. The Hall–Kier alpha value is -1.37. The number of nitrogens with zero attached hydrogens (tertiary/aromatic N) is 1. The van der Waals surface area contributed by atoms with Gasteiger partial charge in [-0.1, -0.05) is 46.3 Å². The molecule has 1 saturated heterocycles. The number of halogens is 1. The highest BCUT2D eigenvalue weighted by Crippen LogP contribution is 2.36.